The van der Waals surface area contributed by atoms with Crippen LogP contribution in [-0.2, 0) is 11.3 Å². The van der Waals surface area contributed by atoms with Crippen molar-refractivity contribution in [1.82, 2.24) is 9.55 Å². The van der Waals surface area contributed by atoms with Gasteiger partial charge in [-0.1, -0.05) is 30.3 Å². The first-order valence-electron chi connectivity index (χ1n) is 10.7. The lowest BCUT2D eigenvalue weighted by molar-refractivity contribution is -0.117. The lowest BCUT2D eigenvalue weighted by atomic mass is 10.1. The fourth-order valence-electron chi connectivity index (χ4n) is 4.39. The van der Waals surface area contributed by atoms with Gasteiger partial charge in [-0.15, -0.1) is 0 Å². The Morgan fingerprint density at radius 1 is 0.938 bits per heavy atom. The molecule has 1 atom stereocenters. The SMILES string of the molecule is COc1ccc(Cn2c(C3CC(=O)N(c4cccc(OC)c4)C3)nc3ccccc32)cc1. The molecule has 4 aromatic rings. The monoisotopic (exact) mass is 427 g/mol. The van der Waals surface area contributed by atoms with Gasteiger partial charge in [0, 0.05) is 37.2 Å². The van der Waals surface area contributed by atoms with E-state index in [4.69, 9.17) is 14.5 Å². The number of carbonyl (C=O) groups is 1. The van der Waals surface area contributed by atoms with Gasteiger partial charge in [0.05, 0.1) is 25.3 Å². The third-order valence-electron chi connectivity index (χ3n) is 6.04. The van der Waals surface area contributed by atoms with Crippen molar-refractivity contribution >= 4 is 22.6 Å². The molecule has 1 saturated heterocycles. The summed E-state index contributed by atoms with van der Waals surface area (Å²) in [5.41, 5.74) is 4.03. The molecule has 162 valence electrons. The summed E-state index contributed by atoms with van der Waals surface area (Å²) in [5.74, 6) is 2.64. The number of ether oxygens (including phenoxy) is 2. The van der Waals surface area contributed by atoms with Crippen molar-refractivity contribution in [3.8, 4) is 11.5 Å². The number of fused-ring (bicyclic) bond motifs is 1. The number of rotatable bonds is 6. The molecular weight excluding hydrogens is 402 g/mol. The molecule has 0 N–H and O–H groups in total. The van der Waals surface area contributed by atoms with Gasteiger partial charge >= 0.3 is 0 Å². The van der Waals surface area contributed by atoms with Crippen LogP contribution in [0, 0.1) is 0 Å². The number of hydrogen-bond acceptors (Lipinski definition) is 4. The Labute approximate surface area is 187 Å². The predicted molar refractivity (Wildman–Crippen MR) is 125 cm³/mol. The quantitative estimate of drug-likeness (QED) is 0.451. The fourth-order valence-corrected chi connectivity index (χ4v) is 4.39. The average molecular weight is 428 g/mol. The lowest BCUT2D eigenvalue weighted by Gasteiger charge is -2.18. The fraction of sp³-hybridized carbons (Fsp3) is 0.231. The number of nitrogens with zero attached hydrogens (tertiary/aromatic N) is 3. The minimum Gasteiger partial charge on any atom is -0.497 e. The summed E-state index contributed by atoms with van der Waals surface area (Å²) in [6.07, 6.45) is 0.434. The molecule has 1 aromatic heterocycles. The highest BCUT2D eigenvalue weighted by molar-refractivity contribution is 5.96. The normalized spacial score (nSPS) is 16.0. The average Bonchev–Trinajstić information content (AvgIpc) is 3.40. The van der Waals surface area contributed by atoms with Gasteiger partial charge in [-0.3, -0.25) is 4.79 Å². The molecule has 0 saturated carbocycles. The van der Waals surface area contributed by atoms with Crippen LogP contribution in [0.25, 0.3) is 11.0 Å². The molecule has 32 heavy (non-hydrogen) atoms. The minimum atomic E-state index is 0.0133. The van der Waals surface area contributed by atoms with Gasteiger partial charge in [-0.2, -0.15) is 0 Å². The molecule has 3 aromatic carbocycles. The maximum absolute atomic E-state index is 12.9. The van der Waals surface area contributed by atoms with Gasteiger partial charge in [0.15, 0.2) is 0 Å². The number of para-hydroxylation sites is 2. The van der Waals surface area contributed by atoms with Crippen LogP contribution >= 0.6 is 0 Å². The van der Waals surface area contributed by atoms with Crippen LogP contribution in [0.3, 0.4) is 0 Å². The third-order valence-corrected chi connectivity index (χ3v) is 6.04. The molecule has 6 heteroatoms. The van der Waals surface area contributed by atoms with E-state index in [-0.39, 0.29) is 11.8 Å². The van der Waals surface area contributed by atoms with Gasteiger partial charge in [0.25, 0.3) is 0 Å². The van der Waals surface area contributed by atoms with Crippen molar-refractivity contribution in [3.63, 3.8) is 0 Å². The molecule has 0 bridgehead atoms. The molecule has 0 radical (unpaired) electrons. The number of methoxy groups -OCH3 is 2. The van der Waals surface area contributed by atoms with Gasteiger partial charge in [-0.05, 0) is 42.0 Å². The zero-order chi connectivity index (χ0) is 22.1. The maximum atomic E-state index is 12.9. The molecule has 1 aliphatic rings. The first-order chi connectivity index (χ1) is 15.7. The molecule has 1 unspecified atom stereocenters. The van der Waals surface area contributed by atoms with Crippen LogP contribution in [0.2, 0.25) is 0 Å². The smallest absolute Gasteiger partial charge is 0.227 e. The second-order valence-corrected chi connectivity index (χ2v) is 8.00. The molecule has 1 fully saturated rings. The number of anilines is 1. The predicted octanol–water partition coefficient (Wildman–Crippen LogP) is 4.62. The number of amides is 1. The van der Waals surface area contributed by atoms with Crippen LogP contribution in [0.4, 0.5) is 5.69 Å². The van der Waals surface area contributed by atoms with Crippen molar-refractivity contribution in [2.75, 3.05) is 25.7 Å². The Kier molecular flexibility index (Phi) is 5.27. The minimum absolute atomic E-state index is 0.0133. The van der Waals surface area contributed by atoms with Crippen molar-refractivity contribution < 1.29 is 14.3 Å². The number of carbonyl (C=O) groups excluding carboxylic acids is 1. The summed E-state index contributed by atoms with van der Waals surface area (Å²) in [7, 11) is 3.30. The summed E-state index contributed by atoms with van der Waals surface area (Å²) in [4.78, 5) is 19.7. The Hall–Kier alpha value is -3.80. The molecule has 5 rings (SSSR count). The summed E-state index contributed by atoms with van der Waals surface area (Å²) in [6.45, 7) is 1.28. The maximum Gasteiger partial charge on any atom is 0.227 e. The van der Waals surface area contributed by atoms with Crippen LogP contribution in [-0.4, -0.2) is 36.2 Å². The van der Waals surface area contributed by atoms with E-state index in [0.29, 0.717) is 19.5 Å². The van der Waals surface area contributed by atoms with E-state index in [1.54, 1.807) is 14.2 Å². The van der Waals surface area contributed by atoms with E-state index < -0.39 is 0 Å². The van der Waals surface area contributed by atoms with E-state index >= 15 is 0 Å². The summed E-state index contributed by atoms with van der Waals surface area (Å²) in [6, 6.07) is 23.9. The second-order valence-electron chi connectivity index (χ2n) is 8.00. The molecule has 0 spiro atoms. The molecule has 1 amide bonds. The van der Waals surface area contributed by atoms with E-state index in [2.05, 4.69) is 22.8 Å². The van der Waals surface area contributed by atoms with E-state index in [9.17, 15) is 4.79 Å². The van der Waals surface area contributed by atoms with Crippen molar-refractivity contribution in [2.24, 2.45) is 0 Å². The molecule has 1 aliphatic heterocycles. The highest BCUT2D eigenvalue weighted by atomic mass is 16.5. The number of hydrogen-bond donors (Lipinski definition) is 0. The van der Waals surface area contributed by atoms with Crippen LogP contribution in [0.5, 0.6) is 11.5 Å². The summed E-state index contributed by atoms with van der Waals surface area (Å²) in [5, 5.41) is 0. The highest BCUT2D eigenvalue weighted by Gasteiger charge is 2.35. The van der Waals surface area contributed by atoms with Crippen molar-refractivity contribution in [1.29, 1.82) is 0 Å². The van der Waals surface area contributed by atoms with E-state index in [1.807, 2.05) is 59.5 Å². The highest BCUT2D eigenvalue weighted by Crippen LogP contribution is 2.34. The van der Waals surface area contributed by atoms with Crippen LogP contribution in [0.15, 0.2) is 72.8 Å². The van der Waals surface area contributed by atoms with Crippen molar-refractivity contribution in [3.05, 3.63) is 84.2 Å². The standard InChI is InChI=1S/C26H25N3O3/c1-31-21-12-10-18(11-13-21)16-29-24-9-4-3-8-23(24)27-26(29)19-14-25(30)28(17-19)20-6-5-7-22(15-20)32-2/h3-13,15,19H,14,16-17H2,1-2H3. The molecular formula is C26H25N3O3. The zero-order valence-electron chi connectivity index (χ0n) is 18.2. The topological polar surface area (TPSA) is 56.6 Å². The lowest BCUT2D eigenvalue weighted by Crippen LogP contribution is -2.24. The number of aromatic nitrogens is 2. The number of imidazole rings is 1. The van der Waals surface area contributed by atoms with Gasteiger partial charge in [0.1, 0.15) is 17.3 Å². The van der Waals surface area contributed by atoms with Gasteiger partial charge < -0.3 is 18.9 Å². The largest absolute Gasteiger partial charge is 0.497 e. The Balaban J connectivity index is 1.49. The van der Waals surface area contributed by atoms with E-state index in [0.717, 1.165) is 39.6 Å². The van der Waals surface area contributed by atoms with Gasteiger partial charge in [-0.25, -0.2) is 4.98 Å². The van der Waals surface area contributed by atoms with E-state index in [1.165, 1.54) is 0 Å². The Bertz CT molecular complexity index is 1260. The molecule has 6 nitrogen and oxygen atoms in total. The molecule has 0 aliphatic carbocycles. The Morgan fingerprint density at radius 2 is 1.72 bits per heavy atom. The summed E-state index contributed by atoms with van der Waals surface area (Å²) < 4.78 is 12.9. The van der Waals surface area contributed by atoms with Gasteiger partial charge in [0.2, 0.25) is 5.91 Å². The van der Waals surface area contributed by atoms with Crippen LogP contribution in [0.1, 0.15) is 23.7 Å². The first kappa shape index (κ1) is 20.1. The first-order valence-corrected chi connectivity index (χ1v) is 10.7. The number of benzene rings is 3. The Morgan fingerprint density at radius 3 is 2.50 bits per heavy atom. The zero-order valence-corrected chi connectivity index (χ0v) is 18.2. The molecule has 2 heterocycles. The summed E-state index contributed by atoms with van der Waals surface area (Å²) >= 11 is 0. The van der Waals surface area contributed by atoms with Crippen molar-refractivity contribution in [2.45, 2.75) is 18.9 Å². The van der Waals surface area contributed by atoms with Crippen LogP contribution < -0.4 is 14.4 Å². The second kappa shape index (κ2) is 8.38. The third kappa shape index (κ3) is 3.68.